The minimum Gasteiger partial charge on any atom is -0.367 e. The fraction of sp³-hybridized carbons (Fsp3) is 0.611. The molecule has 24 heavy (non-hydrogen) atoms. The van der Waals surface area contributed by atoms with Crippen LogP contribution in [0.4, 0.5) is 16.2 Å². The molecule has 2 fully saturated rings. The van der Waals surface area contributed by atoms with Gasteiger partial charge in [0, 0.05) is 37.5 Å². The van der Waals surface area contributed by atoms with Crippen molar-refractivity contribution >= 4 is 29.2 Å². The van der Waals surface area contributed by atoms with Gasteiger partial charge in [0.05, 0.1) is 11.4 Å². The second-order valence-corrected chi connectivity index (χ2v) is 8.70. The molecular weight excluding hydrogens is 320 g/mol. The topological polar surface area (TPSA) is 47.6 Å². The zero-order valence-corrected chi connectivity index (χ0v) is 15.5. The Balaban J connectivity index is 1.59. The summed E-state index contributed by atoms with van der Waals surface area (Å²) in [6.07, 6.45) is 2.42. The Morgan fingerprint density at radius 2 is 2.00 bits per heavy atom. The Morgan fingerprint density at radius 1 is 1.25 bits per heavy atom. The van der Waals surface area contributed by atoms with Gasteiger partial charge in [0.15, 0.2) is 0 Å². The lowest BCUT2D eigenvalue weighted by Crippen LogP contribution is -2.45. The molecule has 2 aliphatic rings. The van der Waals surface area contributed by atoms with E-state index in [9.17, 15) is 4.79 Å². The van der Waals surface area contributed by atoms with Gasteiger partial charge in [-0.2, -0.15) is 11.8 Å². The maximum absolute atomic E-state index is 12.3. The van der Waals surface area contributed by atoms with Gasteiger partial charge in [-0.05, 0) is 44.7 Å². The first kappa shape index (κ1) is 17.4. The lowest BCUT2D eigenvalue weighted by molar-refractivity contribution is 0.251. The number of likely N-dealkylation sites (N-methyl/N-ethyl adjacent to an activating group) is 1. The van der Waals surface area contributed by atoms with Crippen molar-refractivity contribution in [2.24, 2.45) is 0 Å². The molecule has 0 bridgehead atoms. The number of urea groups is 1. The van der Waals surface area contributed by atoms with E-state index in [-0.39, 0.29) is 10.8 Å². The minimum atomic E-state index is -0.106. The molecule has 1 atom stereocenters. The van der Waals surface area contributed by atoms with Crippen molar-refractivity contribution in [3.63, 3.8) is 0 Å². The van der Waals surface area contributed by atoms with Crippen LogP contribution in [-0.4, -0.2) is 61.2 Å². The average molecular weight is 349 g/mol. The molecule has 2 heterocycles. The van der Waals surface area contributed by atoms with Crippen LogP contribution in [0.1, 0.15) is 19.8 Å². The molecule has 2 saturated heterocycles. The number of thioether (sulfide) groups is 1. The second kappa shape index (κ2) is 7.66. The van der Waals surface area contributed by atoms with Crippen LogP contribution in [0.15, 0.2) is 24.3 Å². The maximum atomic E-state index is 12.3. The number of hydrogen-bond acceptors (Lipinski definition) is 4. The third-order valence-corrected chi connectivity index (χ3v) is 6.46. The second-order valence-electron chi connectivity index (χ2n) is 7.02. The molecular formula is C18H28N4OS. The lowest BCUT2D eigenvalue weighted by Gasteiger charge is -2.35. The first-order chi connectivity index (χ1) is 11.6. The summed E-state index contributed by atoms with van der Waals surface area (Å²) in [7, 11) is 2.15. The molecule has 132 valence electrons. The number of para-hydroxylation sites is 2. The molecule has 0 unspecified atom stereocenters. The van der Waals surface area contributed by atoms with Crippen LogP contribution in [0.3, 0.4) is 0 Å². The smallest absolute Gasteiger partial charge is 0.319 e. The van der Waals surface area contributed by atoms with Crippen LogP contribution in [-0.2, 0) is 0 Å². The van der Waals surface area contributed by atoms with Crippen molar-refractivity contribution in [1.29, 1.82) is 0 Å². The molecule has 0 saturated carbocycles. The standard InChI is InChI=1S/C18H28N4OS/c1-18(8-5-13-24-18)14-19-17(23)20-15-6-3-4-7-16(15)22-11-9-21(2)10-12-22/h3-4,6-7H,5,8-14H2,1-2H3,(H2,19,20,23)/t18-/m0/s1. The van der Waals surface area contributed by atoms with Gasteiger partial charge in [-0.1, -0.05) is 12.1 Å². The zero-order valence-electron chi connectivity index (χ0n) is 14.7. The van der Waals surface area contributed by atoms with Gasteiger partial charge in [0.1, 0.15) is 0 Å². The molecule has 1 aromatic carbocycles. The lowest BCUT2D eigenvalue weighted by atomic mass is 10.1. The van der Waals surface area contributed by atoms with Gasteiger partial charge in [-0.3, -0.25) is 0 Å². The highest BCUT2D eigenvalue weighted by molar-refractivity contribution is 8.00. The molecule has 5 nitrogen and oxygen atoms in total. The number of piperazine rings is 1. The number of carbonyl (C=O) groups excluding carboxylic acids is 1. The highest BCUT2D eigenvalue weighted by Crippen LogP contribution is 2.37. The van der Waals surface area contributed by atoms with E-state index in [4.69, 9.17) is 0 Å². The van der Waals surface area contributed by atoms with E-state index in [1.54, 1.807) is 0 Å². The van der Waals surface area contributed by atoms with Gasteiger partial charge >= 0.3 is 6.03 Å². The fourth-order valence-corrected chi connectivity index (χ4v) is 4.56. The van der Waals surface area contributed by atoms with Crippen molar-refractivity contribution in [1.82, 2.24) is 10.2 Å². The summed E-state index contributed by atoms with van der Waals surface area (Å²) in [5.41, 5.74) is 2.01. The summed E-state index contributed by atoms with van der Waals surface area (Å²) in [5.74, 6) is 1.20. The van der Waals surface area contributed by atoms with Gasteiger partial charge in [-0.25, -0.2) is 4.79 Å². The molecule has 1 aromatic rings. The monoisotopic (exact) mass is 348 g/mol. The van der Waals surface area contributed by atoms with Crippen molar-refractivity contribution in [2.75, 3.05) is 55.7 Å². The summed E-state index contributed by atoms with van der Waals surface area (Å²) < 4.78 is 0.189. The van der Waals surface area contributed by atoms with E-state index in [0.29, 0.717) is 0 Å². The summed E-state index contributed by atoms with van der Waals surface area (Å²) in [6, 6.07) is 7.98. The molecule has 0 aliphatic carbocycles. The number of benzene rings is 1. The van der Waals surface area contributed by atoms with Gasteiger partial charge in [-0.15, -0.1) is 0 Å². The SMILES string of the molecule is CN1CCN(c2ccccc2NC(=O)NC[C@]2(C)CCCS2)CC1. The van der Waals surface area contributed by atoms with Crippen LogP contribution >= 0.6 is 11.8 Å². The average Bonchev–Trinajstić information content (AvgIpc) is 3.02. The Kier molecular flexibility index (Phi) is 5.56. The van der Waals surface area contributed by atoms with Crippen LogP contribution in [0.5, 0.6) is 0 Å². The normalized spacial score (nSPS) is 24.8. The molecule has 2 aliphatic heterocycles. The van der Waals surface area contributed by atoms with Crippen LogP contribution in [0.25, 0.3) is 0 Å². The molecule has 3 rings (SSSR count). The zero-order chi connectivity index (χ0) is 17.0. The van der Waals surface area contributed by atoms with Gasteiger partial charge < -0.3 is 20.4 Å². The third-order valence-electron chi connectivity index (χ3n) is 4.92. The van der Waals surface area contributed by atoms with Gasteiger partial charge in [0.25, 0.3) is 0 Å². The fourth-order valence-electron chi connectivity index (χ4n) is 3.31. The molecule has 0 radical (unpaired) electrons. The number of anilines is 2. The predicted molar refractivity (Wildman–Crippen MR) is 103 cm³/mol. The Hall–Kier alpha value is -1.40. The largest absolute Gasteiger partial charge is 0.367 e. The number of rotatable bonds is 4. The first-order valence-corrected chi connectivity index (χ1v) is 9.76. The van der Waals surface area contributed by atoms with E-state index >= 15 is 0 Å². The summed E-state index contributed by atoms with van der Waals surface area (Å²) >= 11 is 1.96. The molecule has 2 amide bonds. The summed E-state index contributed by atoms with van der Waals surface area (Å²) in [6.45, 7) is 7.05. The number of nitrogens with one attached hydrogen (secondary N) is 2. The minimum absolute atomic E-state index is 0.106. The third kappa shape index (κ3) is 4.36. The van der Waals surface area contributed by atoms with Crippen molar-refractivity contribution in [3.05, 3.63) is 24.3 Å². The van der Waals surface area contributed by atoms with Gasteiger partial charge in [0.2, 0.25) is 0 Å². The van der Waals surface area contributed by atoms with Crippen LogP contribution in [0, 0.1) is 0 Å². The van der Waals surface area contributed by atoms with E-state index in [1.807, 2.05) is 30.0 Å². The molecule has 6 heteroatoms. The molecule has 2 N–H and O–H groups in total. The van der Waals surface area contributed by atoms with Crippen molar-refractivity contribution < 1.29 is 4.79 Å². The number of hydrogen-bond donors (Lipinski definition) is 2. The quantitative estimate of drug-likeness (QED) is 0.878. The summed E-state index contributed by atoms with van der Waals surface area (Å²) in [5, 5.41) is 6.10. The Labute approximate surface area is 149 Å². The highest BCUT2D eigenvalue weighted by Gasteiger charge is 2.29. The van der Waals surface area contributed by atoms with E-state index in [1.165, 1.54) is 18.6 Å². The van der Waals surface area contributed by atoms with Crippen LogP contribution in [0.2, 0.25) is 0 Å². The van der Waals surface area contributed by atoms with Crippen LogP contribution < -0.4 is 15.5 Å². The Bertz CT molecular complexity index is 566. The number of amides is 2. The van der Waals surface area contributed by atoms with E-state index in [2.05, 4.69) is 40.5 Å². The highest BCUT2D eigenvalue weighted by atomic mass is 32.2. The molecule has 0 spiro atoms. The van der Waals surface area contributed by atoms with Crippen molar-refractivity contribution in [3.8, 4) is 0 Å². The Morgan fingerprint density at radius 3 is 2.71 bits per heavy atom. The maximum Gasteiger partial charge on any atom is 0.319 e. The number of carbonyl (C=O) groups is 1. The first-order valence-electron chi connectivity index (χ1n) is 8.77. The number of nitrogens with zero attached hydrogens (tertiary/aromatic N) is 2. The summed E-state index contributed by atoms with van der Waals surface area (Å²) in [4.78, 5) is 17.0. The van der Waals surface area contributed by atoms with Crippen molar-refractivity contribution in [2.45, 2.75) is 24.5 Å². The van der Waals surface area contributed by atoms with E-state index in [0.717, 1.165) is 44.1 Å². The molecule has 0 aromatic heterocycles. The van der Waals surface area contributed by atoms with E-state index < -0.39 is 0 Å². The predicted octanol–water partition coefficient (Wildman–Crippen LogP) is 2.85.